The molecule has 0 saturated carbocycles. The van der Waals surface area contributed by atoms with E-state index in [0.29, 0.717) is 30.3 Å². The zero-order valence-electron chi connectivity index (χ0n) is 36.2. The van der Waals surface area contributed by atoms with E-state index in [1.54, 1.807) is 36.0 Å². The monoisotopic (exact) mass is 939 g/mol. The standard InChI is InChI=1S/C49H55ClFN7O5S2/c50-39-16-12-36(13-17-39)44-11-5-4-8-38(44)33-55-28-30-56(31-29-55)41-18-14-37(15-19-41)49(59)53-65(62,63)43-20-21-46(48(32-43)58(60)61)52-40(35-64-42-9-2-1-3-10-42)22-26-54-27-23-47(45(51)34-54)57-24-6-7-25-57/h1-5,8-21,32,40,45,47,52H,6-7,22-31,33-35H2,(H,53,59)/t40-,45?,47?/m1/s1. The molecule has 12 nitrogen and oxygen atoms in total. The Morgan fingerprint density at radius 3 is 2.26 bits per heavy atom. The van der Waals surface area contributed by atoms with Crippen LogP contribution in [0.2, 0.25) is 5.02 Å². The highest BCUT2D eigenvalue weighted by Crippen LogP contribution is 2.32. The van der Waals surface area contributed by atoms with Gasteiger partial charge in [-0.1, -0.05) is 66.2 Å². The van der Waals surface area contributed by atoms with Crippen molar-refractivity contribution in [1.82, 2.24) is 19.4 Å². The SMILES string of the molecule is O=C(NS(=O)(=O)c1ccc(N[C@H](CCN2CCC(N3CCCC3)C(F)C2)CSc2ccccc2)c([N+](=O)[O-])c1)c1ccc(N2CCN(Cc3ccccc3-c3ccc(Cl)cc3)CC2)cc1. The molecule has 5 aromatic carbocycles. The van der Waals surface area contributed by atoms with E-state index in [1.807, 2.05) is 60.7 Å². The van der Waals surface area contributed by atoms with E-state index in [2.05, 4.69) is 47.8 Å². The molecule has 2 N–H and O–H groups in total. The number of anilines is 2. The van der Waals surface area contributed by atoms with Crippen LogP contribution in [0, 0.1) is 10.1 Å². The maximum absolute atomic E-state index is 15.4. The van der Waals surface area contributed by atoms with Gasteiger partial charge in [0.05, 0.1) is 9.82 Å². The molecule has 16 heteroatoms. The second-order valence-corrected chi connectivity index (χ2v) is 20.2. The molecule has 1 amide bonds. The Balaban J connectivity index is 0.873. The lowest BCUT2D eigenvalue weighted by Crippen LogP contribution is -2.52. The number of sulfonamides is 1. The molecule has 3 saturated heterocycles. The lowest BCUT2D eigenvalue weighted by atomic mass is 9.99. The van der Waals surface area contributed by atoms with Gasteiger partial charge in [-0.15, -0.1) is 11.8 Å². The van der Waals surface area contributed by atoms with Crippen molar-refractivity contribution in [2.45, 2.75) is 60.3 Å². The first-order valence-electron chi connectivity index (χ1n) is 22.3. The first-order chi connectivity index (χ1) is 31.5. The average Bonchev–Trinajstić information content (AvgIpc) is 3.86. The van der Waals surface area contributed by atoms with Crippen molar-refractivity contribution in [3.8, 4) is 11.1 Å². The molecule has 3 aliphatic rings. The van der Waals surface area contributed by atoms with E-state index in [0.717, 1.165) is 93.8 Å². The average molecular weight is 941 g/mol. The second kappa shape index (κ2) is 21.5. The van der Waals surface area contributed by atoms with Crippen LogP contribution in [0.15, 0.2) is 131 Å². The van der Waals surface area contributed by atoms with Crippen molar-refractivity contribution in [3.05, 3.63) is 148 Å². The van der Waals surface area contributed by atoms with Gasteiger partial charge in [0.1, 0.15) is 11.9 Å². The fourth-order valence-electron chi connectivity index (χ4n) is 9.10. The van der Waals surface area contributed by atoms with Gasteiger partial charge in [-0.2, -0.15) is 0 Å². The first-order valence-corrected chi connectivity index (χ1v) is 25.2. The Morgan fingerprint density at radius 2 is 1.55 bits per heavy atom. The number of carbonyl (C=O) groups excluding carboxylic acids is 1. The minimum absolute atomic E-state index is 0.0421. The highest BCUT2D eigenvalue weighted by Gasteiger charge is 2.35. The fraction of sp³-hybridized carbons (Fsp3) is 0.367. The largest absolute Gasteiger partial charge is 0.376 e. The van der Waals surface area contributed by atoms with E-state index >= 15 is 4.39 Å². The molecule has 0 spiro atoms. The lowest BCUT2D eigenvalue weighted by Gasteiger charge is -2.39. The smallest absolute Gasteiger partial charge is 0.293 e. The molecular weight excluding hydrogens is 885 g/mol. The molecule has 65 heavy (non-hydrogen) atoms. The molecule has 3 aliphatic heterocycles. The van der Waals surface area contributed by atoms with Crippen molar-refractivity contribution in [1.29, 1.82) is 0 Å². The summed E-state index contributed by atoms with van der Waals surface area (Å²) in [5.41, 5.74) is 4.32. The number of nitro benzene ring substituents is 1. The summed E-state index contributed by atoms with van der Waals surface area (Å²) in [7, 11) is -4.48. The number of nitrogens with zero attached hydrogens (tertiary/aromatic N) is 5. The summed E-state index contributed by atoms with van der Waals surface area (Å²) >= 11 is 7.74. The summed E-state index contributed by atoms with van der Waals surface area (Å²) in [5, 5.41) is 16.5. The molecule has 8 rings (SSSR count). The Morgan fingerprint density at radius 1 is 0.846 bits per heavy atom. The number of nitro groups is 1. The number of hydrogen-bond acceptors (Lipinski definition) is 11. The third-order valence-electron chi connectivity index (χ3n) is 12.7. The molecule has 3 atom stereocenters. The minimum Gasteiger partial charge on any atom is -0.376 e. The van der Waals surface area contributed by atoms with Crippen LogP contribution in [0.4, 0.5) is 21.5 Å². The molecule has 0 aromatic heterocycles. The molecule has 0 bridgehead atoms. The maximum Gasteiger partial charge on any atom is 0.293 e. The summed E-state index contributed by atoms with van der Waals surface area (Å²) in [4.78, 5) is 34.8. The lowest BCUT2D eigenvalue weighted by molar-refractivity contribution is -0.384. The van der Waals surface area contributed by atoms with Gasteiger partial charge in [0.15, 0.2) is 0 Å². The number of piperazine rings is 1. The molecule has 0 aliphatic carbocycles. The summed E-state index contributed by atoms with van der Waals surface area (Å²) in [6.07, 6.45) is 2.66. The number of amides is 1. The number of carbonyl (C=O) groups is 1. The van der Waals surface area contributed by atoms with Gasteiger partial charge in [-0.25, -0.2) is 17.5 Å². The van der Waals surface area contributed by atoms with Crippen molar-refractivity contribution in [2.24, 2.45) is 0 Å². The van der Waals surface area contributed by atoms with Gasteiger partial charge in [0.2, 0.25) is 0 Å². The predicted molar refractivity (Wildman–Crippen MR) is 258 cm³/mol. The van der Waals surface area contributed by atoms with Gasteiger partial charge in [0.25, 0.3) is 21.6 Å². The highest BCUT2D eigenvalue weighted by molar-refractivity contribution is 7.99. The molecule has 3 heterocycles. The Kier molecular flexibility index (Phi) is 15.4. The van der Waals surface area contributed by atoms with E-state index < -0.39 is 37.6 Å². The van der Waals surface area contributed by atoms with Crippen LogP contribution in [0.5, 0.6) is 0 Å². The minimum atomic E-state index is -4.48. The number of hydrogen-bond donors (Lipinski definition) is 2. The van der Waals surface area contributed by atoms with Crippen LogP contribution >= 0.6 is 23.4 Å². The van der Waals surface area contributed by atoms with Crippen LogP contribution < -0.4 is 14.9 Å². The number of nitrogens with one attached hydrogen (secondary N) is 2. The maximum atomic E-state index is 15.4. The van der Waals surface area contributed by atoms with Crippen LogP contribution in [0.25, 0.3) is 11.1 Å². The van der Waals surface area contributed by atoms with Crippen LogP contribution in [-0.2, 0) is 16.6 Å². The fourth-order valence-corrected chi connectivity index (χ4v) is 11.2. The molecular formula is C49H55ClFN7O5S2. The number of benzene rings is 5. The van der Waals surface area contributed by atoms with Gasteiger partial charge < -0.3 is 15.1 Å². The summed E-state index contributed by atoms with van der Waals surface area (Å²) < 4.78 is 44.6. The Bertz CT molecular complexity index is 2510. The van der Waals surface area contributed by atoms with E-state index in [4.69, 9.17) is 11.6 Å². The van der Waals surface area contributed by atoms with Gasteiger partial charge >= 0.3 is 0 Å². The topological polar surface area (TPSA) is 131 Å². The quantitative estimate of drug-likeness (QED) is 0.0527. The summed E-state index contributed by atoms with van der Waals surface area (Å²) in [6, 6.07) is 36.2. The first kappa shape index (κ1) is 46.5. The molecule has 5 aromatic rings. The van der Waals surface area contributed by atoms with E-state index in [1.165, 1.54) is 23.3 Å². The van der Waals surface area contributed by atoms with Crippen molar-refractivity contribution < 1.29 is 22.5 Å². The number of likely N-dealkylation sites (tertiary alicyclic amines) is 2. The number of halogens is 2. The van der Waals surface area contributed by atoms with Gasteiger partial charge in [0, 0.05) is 90.9 Å². The third kappa shape index (κ3) is 12.1. The Hall–Kier alpha value is -5.03. The van der Waals surface area contributed by atoms with Crippen LogP contribution in [0.1, 0.15) is 41.6 Å². The molecule has 3 fully saturated rings. The third-order valence-corrected chi connectivity index (χ3v) is 15.4. The summed E-state index contributed by atoms with van der Waals surface area (Å²) in [5.74, 6) is -0.278. The predicted octanol–water partition coefficient (Wildman–Crippen LogP) is 8.83. The van der Waals surface area contributed by atoms with Crippen molar-refractivity contribution >= 4 is 56.4 Å². The van der Waals surface area contributed by atoms with Gasteiger partial charge in [-0.05, 0) is 123 Å². The normalized spacial score (nSPS) is 19.2. The van der Waals surface area contributed by atoms with E-state index in [9.17, 15) is 23.3 Å². The van der Waals surface area contributed by atoms with Gasteiger partial charge in [-0.3, -0.25) is 24.7 Å². The van der Waals surface area contributed by atoms with Crippen LogP contribution in [0.3, 0.4) is 0 Å². The zero-order valence-corrected chi connectivity index (χ0v) is 38.6. The second-order valence-electron chi connectivity index (χ2n) is 17.0. The number of rotatable bonds is 17. The highest BCUT2D eigenvalue weighted by atomic mass is 35.5. The number of thioether (sulfide) groups is 1. The zero-order chi connectivity index (χ0) is 45.3. The Labute approximate surface area is 390 Å². The summed E-state index contributed by atoms with van der Waals surface area (Å²) in [6.45, 7) is 7.67. The molecule has 342 valence electrons. The molecule has 2 unspecified atom stereocenters. The molecule has 0 radical (unpaired) electrons. The van der Waals surface area contributed by atoms with Crippen molar-refractivity contribution in [2.75, 3.05) is 74.9 Å². The van der Waals surface area contributed by atoms with Crippen molar-refractivity contribution in [3.63, 3.8) is 0 Å². The van der Waals surface area contributed by atoms with E-state index in [-0.39, 0.29) is 23.3 Å². The number of alkyl halides is 1. The van der Waals surface area contributed by atoms with Crippen LogP contribution in [-0.4, -0.2) is 117 Å². The number of piperidine rings is 1.